The van der Waals surface area contributed by atoms with Crippen LogP contribution in [0.1, 0.15) is 72.1 Å². The van der Waals surface area contributed by atoms with Gasteiger partial charge in [0.1, 0.15) is 0 Å². The van der Waals surface area contributed by atoms with Gasteiger partial charge in [-0.15, -0.1) is 0 Å². The summed E-state index contributed by atoms with van der Waals surface area (Å²) in [6.45, 7) is 6.64. The summed E-state index contributed by atoms with van der Waals surface area (Å²) in [4.78, 5) is 12.1. The molecule has 0 aromatic rings. The van der Waals surface area contributed by atoms with Crippen molar-refractivity contribution in [1.82, 2.24) is 5.32 Å². The molecule has 0 aromatic heterocycles. The molecule has 0 unspecified atom stereocenters. The third-order valence-corrected chi connectivity index (χ3v) is 3.95. The highest BCUT2D eigenvalue weighted by Crippen LogP contribution is 2.13. The SMILES string of the molecule is CCCCCCCCCC(=O)NCC(C)(C)C(N)=S. The number of nitrogens with two attached hydrogens (primary N) is 1. The van der Waals surface area contributed by atoms with Crippen LogP contribution in [0.2, 0.25) is 0 Å². The highest BCUT2D eigenvalue weighted by molar-refractivity contribution is 7.80. The van der Waals surface area contributed by atoms with Crippen LogP contribution in [0.4, 0.5) is 0 Å². The largest absolute Gasteiger partial charge is 0.393 e. The molecule has 1 amide bonds. The lowest BCUT2D eigenvalue weighted by molar-refractivity contribution is -0.121. The van der Waals surface area contributed by atoms with E-state index in [1.54, 1.807) is 0 Å². The first-order chi connectivity index (χ1) is 8.90. The van der Waals surface area contributed by atoms with Gasteiger partial charge in [-0.1, -0.05) is 71.5 Å². The van der Waals surface area contributed by atoms with Gasteiger partial charge in [-0.3, -0.25) is 4.79 Å². The lowest BCUT2D eigenvalue weighted by Gasteiger charge is -2.23. The summed E-state index contributed by atoms with van der Waals surface area (Å²) in [6, 6.07) is 0. The second-order valence-corrected chi connectivity index (χ2v) is 6.34. The average molecular weight is 286 g/mol. The fourth-order valence-corrected chi connectivity index (χ4v) is 1.81. The van der Waals surface area contributed by atoms with Gasteiger partial charge in [-0.2, -0.15) is 0 Å². The van der Waals surface area contributed by atoms with Crippen molar-refractivity contribution in [3.05, 3.63) is 0 Å². The van der Waals surface area contributed by atoms with Crippen LogP contribution in [0.3, 0.4) is 0 Å². The number of carbonyl (C=O) groups excluding carboxylic acids is 1. The molecule has 4 heteroatoms. The van der Waals surface area contributed by atoms with Crippen LogP contribution in [0.25, 0.3) is 0 Å². The van der Waals surface area contributed by atoms with Gasteiger partial charge in [0, 0.05) is 18.4 Å². The molecule has 0 saturated heterocycles. The Morgan fingerprint density at radius 2 is 1.63 bits per heavy atom. The Morgan fingerprint density at radius 3 is 2.16 bits per heavy atom. The van der Waals surface area contributed by atoms with Gasteiger partial charge in [0.25, 0.3) is 0 Å². The fourth-order valence-electron chi connectivity index (χ4n) is 1.74. The van der Waals surface area contributed by atoms with Crippen LogP contribution < -0.4 is 11.1 Å². The molecular weight excluding hydrogens is 256 g/mol. The topological polar surface area (TPSA) is 55.1 Å². The Labute approximate surface area is 123 Å². The van der Waals surface area contributed by atoms with Crippen molar-refractivity contribution in [1.29, 1.82) is 0 Å². The smallest absolute Gasteiger partial charge is 0.220 e. The molecule has 19 heavy (non-hydrogen) atoms. The fraction of sp³-hybridized carbons (Fsp3) is 0.867. The van der Waals surface area contributed by atoms with Crippen LogP contribution >= 0.6 is 12.2 Å². The second kappa shape index (κ2) is 10.2. The zero-order chi connectivity index (χ0) is 14.7. The normalized spacial score (nSPS) is 11.3. The first-order valence-electron chi connectivity index (χ1n) is 7.46. The number of rotatable bonds is 11. The Bertz CT molecular complexity index is 277. The quantitative estimate of drug-likeness (QED) is 0.451. The second-order valence-electron chi connectivity index (χ2n) is 5.90. The summed E-state index contributed by atoms with van der Waals surface area (Å²) < 4.78 is 0. The Balaban J connectivity index is 3.53. The summed E-state index contributed by atoms with van der Waals surface area (Å²) >= 11 is 4.97. The van der Waals surface area contributed by atoms with Gasteiger partial charge in [0.05, 0.1) is 4.99 Å². The predicted octanol–water partition coefficient (Wildman–Crippen LogP) is 3.56. The van der Waals surface area contributed by atoms with Crippen LogP contribution in [0.15, 0.2) is 0 Å². The summed E-state index contributed by atoms with van der Waals surface area (Å²) in [5, 5.41) is 2.91. The van der Waals surface area contributed by atoms with E-state index in [4.69, 9.17) is 18.0 Å². The van der Waals surface area contributed by atoms with Gasteiger partial charge in [0.2, 0.25) is 5.91 Å². The summed E-state index contributed by atoms with van der Waals surface area (Å²) in [7, 11) is 0. The van der Waals surface area contributed by atoms with E-state index in [0.29, 0.717) is 18.0 Å². The van der Waals surface area contributed by atoms with Crippen molar-refractivity contribution >= 4 is 23.1 Å². The predicted molar refractivity (Wildman–Crippen MR) is 86.2 cm³/mol. The number of hydrogen-bond acceptors (Lipinski definition) is 2. The van der Waals surface area contributed by atoms with Gasteiger partial charge >= 0.3 is 0 Å². The van der Waals surface area contributed by atoms with Gasteiger partial charge in [-0.05, 0) is 6.42 Å². The molecule has 0 aliphatic carbocycles. The van der Waals surface area contributed by atoms with Gasteiger partial charge in [0.15, 0.2) is 0 Å². The number of carbonyl (C=O) groups is 1. The van der Waals surface area contributed by atoms with Crippen molar-refractivity contribution in [3.63, 3.8) is 0 Å². The molecule has 0 heterocycles. The molecule has 0 fully saturated rings. The molecule has 3 N–H and O–H groups in total. The maximum absolute atomic E-state index is 11.7. The van der Waals surface area contributed by atoms with E-state index in [9.17, 15) is 4.79 Å². The molecule has 0 rings (SSSR count). The number of nitrogens with one attached hydrogen (secondary N) is 1. The molecular formula is C15H30N2OS. The Kier molecular flexibility index (Phi) is 9.84. The number of thiocarbonyl (C=S) groups is 1. The highest BCUT2D eigenvalue weighted by Gasteiger charge is 2.21. The molecule has 0 aliphatic rings. The van der Waals surface area contributed by atoms with E-state index in [-0.39, 0.29) is 11.3 Å². The van der Waals surface area contributed by atoms with E-state index >= 15 is 0 Å². The molecule has 0 bridgehead atoms. The van der Waals surface area contributed by atoms with Crippen molar-refractivity contribution in [2.24, 2.45) is 11.1 Å². The molecule has 0 spiro atoms. The lowest BCUT2D eigenvalue weighted by Crippen LogP contribution is -2.41. The van der Waals surface area contributed by atoms with Crippen LogP contribution in [-0.2, 0) is 4.79 Å². The molecule has 3 nitrogen and oxygen atoms in total. The molecule has 0 atom stereocenters. The summed E-state index contributed by atoms with van der Waals surface area (Å²) in [5.41, 5.74) is 5.32. The van der Waals surface area contributed by atoms with E-state index in [1.807, 2.05) is 13.8 Å². The molecule has 0 saturated carbocycles. The monoisotopic (exact) mass is 286 g/mol. The molecule has 112 valence electrons. The van der Waals surface area contributed by atoms with E-state index < -0.39 is 0 Å². The molecule has 0 aromatic carbocycles. The third kappa shape index (κ3) is 9.88. The number of unbranched alkanes of at least 4 members (excludes halogenated alkanes) is 6. The minimum absolute atomic E-state index is 0.109. The Morgan fingerprint density at radius 1 is 1.11 bits per heavy atom. The van der Waals surface area contributed by atoms with Crippen LogP contribution in [-0.4, -0.2) is 17.4 Å². The van der Waals surface area contributed by atoms with Gasteiger partial charge < -0.3 is 11.1 Å². The van der Waals surface area contributed by atoms with Crippen LogP contribution in [0, 0.1) is 5.41 Å². The minimum Gasteiger partial charge on any atom is -0.393 e. The third-order valence-electron chi connectivity index (χ3n) is 3.40. The van der Waals surface area contributed by atoms with Crippen LogP contribution in [0.5, 0.6) is 0 Å². The molecule has 0 radical (unpaired) electrons. The minimum atomic E-state index is -0.300. The first kappa shape index (κ1) is 18.4. The first-order valence-corrected chi connectivity index (χ1v) is 7.87. The molecule has 0 aliphatic heterocycles. The van der Waals surface area contributed by atoms with Gasteiger partial charge in [-0.25, -0.2) is 0 Å². The van der Waals surface area contributed by atoms with E-state index in [2.05, 4.69) is 12.2 Å². The summed E-state index contributed by atoms with van der Waals surface area (Å²) in [5.74, 6) is 0.109. The van der Waals surface area contributed by atoms with E-state index in [0.717, 1.165) is 12.8 Å². The lowest BCUT2D eigenvalue weighted by atomic mass is 9.93. The Hall–Kier alpha value is -0.640. The standard InChI is InChI=1S/C15H30N2OS/c1-4-5-6-7-8-9-10-11-13(18)17-12-15(2,3)14(16)19/h4-12H2,1-3H3,(H2,16,19)(H,17,18). The highest BCUT2D eigenvalue weighted by atomic mass is 32.1. The van der Waals surface area contributed by atoms with Crippen molar-refractivity contribution in [3.8, 4) is 0 Å². The maximum Gasteiger partial charge on any atom is 0.220 e. The number of amides is 1. The maximum atomic E-state index is 11.7. The van der Waals surface area contributed by atoms with Crippen molar-refractivity contribution < 1.29 is 4.79 Å². The van der Waals surface area contributed by atoms with E-state index in [1.165, 1.54) is 32.1 Å². The summed E-state index contributed by atoms with van der Waals surface area (Å²) in [6.07, 6.45) is 9.21. The average Bonchev–Trinajstić information content (AvgIpc) is 2.35. The number of hydrogen-bond donors (Lipinski definition) is 2. The van der Waals surface area contributed by atoms with Crippen molar-refractivity contribution in [2.45, 2.75) is 72.1 Å². The zero-order valence-corrected chi connectivity index (χ0v) is 13.6. The van der Waals surface area contributed by atoms with Crippen molar-refractivity contribution in [2.75, 3.05) is 6.54 Å². The zero-order valence-electron chi connectivity index (χ0n) is 12.8.